The van der Waals surface area contributed by atoms with E-state index in [9.17, 15) is 0 Å². The Balaban J connectivity index is 3.90. The van der Waals surface area contributed by atoms with Gasteiger partial charge in [0.2, 0.25) is 0 Å². The molecule has 0 aliphatic rings. The molecule has 0 aliphatic carbocycles. The number of hydrogen-bond donors (Lipinski definition) is 0. The van der Waals surface area contributed by atoms with E-state index in [0.29, 0.717) is 0 Å². The highest BCUT2D eigenvalue weighted by molar-refractivity contribution is 5.01. The summed E-state index contributed by atoms with van der Waals surface area (Å²) in [5, 5.41) is 0. The number of hydrogen-bond acceptors (Lipinski definition) is 0. The molecule has 26 heavy (non-hydrogen) atoms. The van der Waals surface area contributed by atoms with Crippen molar-refractivity contribution >= 4 is 0 Å². The van der Waals surface area contributed by atoms with Crippen LogP contribution in [-0.2, 0) is 0 Å². The maximum absolute atomic E-state index is 2.63. The van der Waals surface area contributed by atoms with Crippen LogP contribution in [0.4, 0.5) is 0 Å². The molecule has 0 unspecified atom stereocenters. The molecule has 0 atom stereocenters. The van der Waals surface area contributed by atoms with Gasteiger partial charge >= 0.3 is 0 Å². The molecule has 0 N–H and O–H groups in total. The Kier molecular flexibility index (Phi) is 22.6. The van der Waals surface area contributed by atoms with E-state index >= 15 is 0 Å². The summed E-state index contributed by atoms with van der Waals surface area (Å²) >= 11 is 0. The third kappa shape index (κ3) is 20.1. The zero-order valence-corrected chi connectivity index (χ0v) is 18.9. The highest BCUT2D eigenvalue weighted by atomic mass is 14.1. The van der Waals surface area contributed by atoms with Crippen LogP contribution in [0.5, 0.6) is 0 Å². The van der Waals surface area contributed by atoms with Gasteiger partial charge in [-0.3, -0.25) is 0 Å². The van der Waals surface area contributed by atoms with Gasteiger partial charge in [0.05, 0.1) is 0 Å². The van der Waals surface area contributed by atoms with Gasteiger partial charge in [0.1, 0.15) is 0 Å². The van der Waals surface area contributed by atoms with E-state index < -0.39 is 0 Å². The van der Waals surface area contributed by atoms with Crippen molar-refractivity contribution in [3.05, 3.63) is 11.6 Å². The van der Waals surface area contributed by atoms with E-state index in [1.54, 1.807) is 5.57 Å². The standard InChI is InChI=1S/C26H52/c1-4-7-10-13-16-19-22-25-26(23-20-17-14-11-8-5-2)24-21-18-15-12-9-6-3/h23H,4-22,24-25H2,1-3H3/b26-23-. The van der Waals surface area contributed by atoms with Crippen molar-refractivity contribution < 1.29 is 0 Å². The van der Waals surface area contributed by atoms with Crippen LogP contribution < -0.4 is 0 Å². The third-order valence-corrected chi connectivity index (χ3v) is 5.69. The topological polar surface area (TPSA) is 0 Å². The number of allylic oxidation sites excluding steroid dienone is 2. The highest BCUT2D eigenvalue weighted by Crippen LogP contribution is 2.20. The molecule has 156 valence electrons. The van der Waals surface area contributed by atoms with E-state index in [1.807, 2.05) is 0 Å². The summed E-state index contributed by atoms with van der Waals surface area (Å²) in [4.78, 5) is 0. The Labute approximate surface area is 167 Å². The van der Waals surface area contributed by atoms with Gasteiger partial charge in [0, 0.05) is 0 Å². The third-order valence-electron chi connectivity index (χ3n) is 5.69. The first kappa shape index (κ1) is 25.7. The van der Waals surface area contributed by atoms with Gasteiger partial charge in [-0.15, -0.1) is 0 Å². The Hall–Kier alpha value is -0.260. The summed E-state index contributed by atoms with van der Waals surface area (Å²) in [6.45, 7) is 6.92. The Morgan fingerprint density at radius 3 is 1.19 bits per heavy atom. The van der Waals surface area contributed by atoms with Crippen molar-refractivity contribution in [2.75, 3.05) is 0 Å². The SMILES string of the molecule is CCCCCCC/C=C(/CCCCCCCC)CCCCCCCCC. The molecule has 0 aromatic carbocycles. The summed E-state index contributed by atoms with van der Waals surface area (Å²) < 4.78 is 0. The van der Waals surface area contributed by atoms with E-state index in [-0.39, 0.29) is 0 Å². The molecule has 0 aromatic heterocycles. The minimum absolute atomic E-state index is 1.34. The highest BCUT2D eigenvalue weighted by Gasteiger charge is 2.00. The summed E-state index contributed by atoms with van der Waals surface area (Å²) in [6, 6.07) is 0. The monoisotopic (exact) mass is 364 g/mol. The van der Waals surface area contributed by atoms with Gasteiger partial charge in [0.15, 0.2) is 0 Å². The number of rotatable bonds is 21. The minimum Gasteiger partial charge on any atom is -0.0853 e. The molecule has 0 fully saturated rings. The lowest BCUT2D eigenvalue weighted by Gasteiger charge is -2.09. The fourth-order valence-electron chi connectivity index (χ4n) is 3.82. The van der Waals surface area contributed by atoms with Crippen LogP contribution in [0.25, 0.3) is 0 Å². The fourth-order valence-corrected chi connectivity index (χ4v) is 3.82. The maximum atomic E-state index is 2.63. The molecule has 0 heteroatoms. The quantitative estimate of drug-likeness (QED) is 0.140. The first-order chi connectivity index (χ1) is 12.8. The smallest absolute Gasteiger partial charge is 0.0320 e. The van der Waals surface area contributed by atoms with Crippen LogP contribution in [-0.4, -0.2) is 0 Å². The molecule has 0 radical (unpaired) electrons. The summed E-state index contributed by atoms with van der Waals surface area (Å²) in [5.74, 6) is 0. The lowest BCUT2D eigenvalue weighted by molar-refractivity contribution is 0.573. The Morgan fingerprint density at radius 1 is 0.423 bits per heavy atom. The first-order valence-corrected chi connectivity index (χ1v) is 12.5. The molecule has 0 saturated heterocycles. The van der Waals surface area contributed by atoms with E-state index in [1.165, 1.54) is 135 Å². The predicted molar refractivity (Wildman–Crippen MR) is 122 cm³/mol. The van der Waals surface area contributed by atoms with Crippen molar-refractivity contribution in [1.82, 2.24) is 0 Å². The average Bonchev–Trinajstić information content (AvgIpc) is 2.65. The minimum atomic E-state index is 1.34. The van der Waals surface area contributed by atoms with Crippen LogP contribution in [0.3, 0.4) is 0 Å². The second kappa shape index (κ2) is 22.8. The Morgan fingerprint density at radius 2 is 0.769 bits per heavy atom. The summed E-state index contributed by atoms with van der Waals surface area (Å²) in [6.07, 6.45) is 32.4. The van der Waals surface area contributed by atoms with Gasteiger partial charge in [-0.25, -0.2) is 0 Å². The molecule has 0 heterocycles. The summed E-state index contributed by atoms with van der Waals surface area (Å²) in [5.41, 5.74) is 1.80. The van der Waals surface area contributed by atoms with Gasteiger partial charge in [-0.2, -0.15) is 0 Å². The Bertz CT molecular complexity index is 276. The lowest BCUT2D eigenvalue weighted by atomic mass is 9.98. The van der Waals surface area contributed by atoms with Gasteiger partial charge in [0.25, 0.3) is 0 Å². The molecule has 0 saturated carbocycles. The van der Waals surface area contributed by atoms with E-state index in [4.69, 9.17) is 0 Å². The predicted octanol–water partition coefficient (Wildman–Crippen LogP) is 10.2. The zero-order valence-electron chi connectivity index (χ0n) is 18.9. The van der Waals surface area contributed by atoms with Gasteiger partial charge in [-0.1, -0.05) is 129 Å². The van der Waals surface area contributed by atoms with Crippen molar-refractivity contribution in [2.24, 2.45) is 0 Å². The molecule has 0 rings (SSSR count). The van der Waals surface area contributed by atoms with Crippen LogP contribution in [0.15, 0.2) is 11.6 Å². The molecule has 0 aromatic rings. The first-order valence-electron chi connectivity index (χ1n) is 12.5. The van der Waals surface area contributed by atoms with Crippen molar-refractivity contribution in [1.29, 1.82) is 0 Å². The molecular formula is C26H52. The lowest BCUT2D eigenvalue weighted by Crippen LogP contribution is -1.89. The van der Waals surface area contributed by atoms with E-state index in [2.05, 4.69) is 26.8 Å². The van der Waals surface area contributed by atoms with E-state index in [0.717, 1.165) is 0 Å². The molecule has 0 bridgehead atoms. The molecule has 0 spiro atoms. The average molecular weight is 365 g/mol. The van der Waals surface area contributed by atoms with Crippen LogP contribution in [0, 0.1) is 0 Å². The largest absolute Gasteiger partial charge is 0.0853 e. The second-order valence-electron chi connectivity index (χ2n) is 8.45. The number of unbranched alkanes of at least 4 members (excludes halogenated alkanes) is 16. The maximum Gasteiger partial charge on any atom is -0.0320 e. The molecular weight excluding hydrogens is 312 g/mol. The van der Waals surface area contributed by atoms with Crippen LogP contribution in [0.1, 0.15) is 156 Å². The normalized spacial score (nSPS) is 12.0. The van der Waals surface area contributed by atoms with Crippen molar-refractivity contribution in [3.8, 4) is 0 Å². The molecule has 0 nitrogen and oxygen atoms in total. The van der Waals surface area contributed by atoms with Crippen molar-refractivity contribution in [3.63, 3.8) is 0 Å². The molecule has 0 amide bonds. The van der Waals surface area contributed by atoms with Gasteiger partial charge < -0.3 is 0 Å². The summed E-state index contributed by atoms with van der Waals surface area (Å²) in [7, 11) is 0. The van der Waals surface area contributed by atoms with Gasteiger partial charge in [-0.05, 0) is 38.5 Å². The fraction of sp³-hybridized carbons (Fsp3) is 0.923. The van der Waals surface area contributed by atoms with Crippen LogP contribution >= 0.6 is 0 Å². The van der Waals surface area contributed by atoms with Crippen LogP contribution in [0.2, 0.25) is 0 Å². The second-order valence-corrected chi connectivity index (χ2v) is 8.45. The zero-order chi connectivity index (χ0) is 19.1. The van der Waals surface area contributed by atoms with Crippen molar-refractivity contribution in [2.45, 2.75) is 156 Å². The molecule has 0 aliphatic heterocycles.